The number of hydrogen-bond donors (Lipinski definition) is 1. The Hall–Kier alpha value is -0.810. The third kappa shape index (κ3) is 3.64. The third-order valence-electron chi connectivity index (χ3n) is 2.12. The Morgan fingerprint density at radius 3 is 2.44 bits per heavy atom. The Bertz CT molecular complexity index is 459. The van der Waals surface area contributed by atoms with Crippen LogP contribution in [0.1, 0.15) is 5.56 Å². The van der Waals surface area contributed by atoms with Gasteiger partial charge < -0.3 is 29.1 Å². The number of pyridine rings is 1. The van der Waals surface area contributed by atoms with Crippen LogP contribution >= 0.6 is 11.6 Å². The van der Waals surface area contributed by atoms with Crippen LogP contribution in [0.15, 0.2) is 48.8 Å². The molecule has 0 atom stereocenters. The first-order chi connectivity index (χ1) is 7.24. The molecule has 0 saturated heterocycles. The zero-order valence-electron chi connectivity index (χ0n) is 8.48. The quantitative estimate of drug-likeness (QED) is 0.569. The number of halogens is 2. The Kier molecular flexibility index (Phi) is 5.02. The molecule has 2 nitrogen and oxygen atoms in total. The second-order valence-corrected chi connectivity index (χ2v) is 3.80. The molecule has 0 radical (unpaired) electrons. The standard InChI is InChI=1S/C12H10ClNO.HI/c13-11-5-3-10(4-6-11)8-14-7-1-2-12(15)9-14;/h1-7,9H,8H2;1H. The van der Waals surface area contributed by atoms with E-state index in [9.17, 15) is 5.11 Å². The molecule has 0 fully saturated rings. The molecule has 1 N–H and O–H groups in total. The third-order valence-corrected chi connectivity index (χ3v) is 2.37. The summed E-state index contributed by atoms with van der Waals surface area (Å²) in [6.45, 7) is 0.728. The molecule has 16 heavy (non-hydrogen) atoms. The fraction of sp³-hybridized carbons (Fsp3) is 0.0833. The van der Waals surface area contributed by atoms with Gasteiger partial charge in [-0.05, 0) is 18.2 Å². The van der Waals surface area contributed by atoms with Gasteiger partial charge in [-0.1, -0.05) is 23.7 Å². The number of aromatic hydroxyl groups is 1. The van der Waals surface area contributed by atoms with E-state index in [0.717, 1.165) is 17.1 Å². The molecule has 0 spiro atoms. The lowest BCUT2D eigenvalue weighted by Crippen LogP contribution is -3.00. The largest absolute Gasteiger partial charge is 1.00 e. The summed E-state index contributed by atoms with van der Waals surface area (Å²) in [5, 5.41) is 10.0. The zero-order valence-corrected chi connectivity index (χ0v) is 11.4. The van der Waals surface area contributed by atoms with E-state index >= 15 is 0 Å². The first kappa shape index (κ1) is 13.3. The van der Waals surface area contributed by atoms with Crippen molar-refractivity contribution in [2.45, 2.75) is 6.54 Å². The number of benzene rings is 1. The van der Waals surface area contributed by atoms with Gasteiger partial charge in [-0.15, -0.1) is 0 Å². The van der Waals surface area contributed by atoms with Crippen LogP contribution in [0.25, 0.3) is 0 Å². The van der Waals surface area contributed by atoms with E-state index in [0.29, 0.717) is 0 Å². The van der Waals surface area contributed by atoms with Crippen LogP contribution in [0, 0.1) is 0 Å². The molecule has 2 aromatic rings. The van der Waals surface area contributed by atoms with Crippen LogP contribution in [0.5, 0.6) is 5.75 Å². The van der Waals surface area contributed by atoms with Gasteiger partial charge in [-0.3, -0.25) is 0 Å². The predicted molar refractivity (Wildman–Crippen MR) is 58.9 cm³/mol. The second-order valence-electron chi connectivity index (χ2n) is 3.36. The highest BCUT2D eigenvalue weighted by Crippen LogP contribution is 2.09. The van der Waals surface area contributed by atoms with Crippen molar-refractivity contribution in [1.29, 1.82) is 0 Å². The van der Waals surface area contributed by atoms with E-state index in [4.69, 9.17) is 11.6 Å². The predicted octanol–water partition coefficient (Wildman–Crippen LogP) is -0.615. The van der Waals surface area contributed by atoms with E-state index in [1.54, 1.807) is 12.3 Å². The highest BCUT2D eigenvalue weighted by molar-refractivity contribution is 6.30. The average molecular weight is 348 g/mol. The average Bonchev–Trinajstić information content (AvgIpc) is 2.22. The minimum absolute atomic E-state index is 0. The highest BCUT2D eigenvalue weighted by Gasteiger charge is 2.03. The molecule has 1 aromatic heterocycles. The first-order valence-electron chi connectivity index (χ1n) is 4.66. The van der Waals surface area contributed by atoms with Crippen LogP contribution in [-0.4, -0.2) is 5.11 Å². The summed E-state index contributed by atoms with van der Waals surface area (Å²) in [4.78, 5) is 0. The van der Waals surface area contributed by atoms with Crippen LogP contribution < -0.4 is 28.5 Å². The van der Waals surface area contributed by atoms with Crippen molar-refractivity contribution >= 4 is 11.6 Å². The summed E-state index contributed by atoms with van der Waals surface area (Å²) in [6.07, 6.45) is 3.60. The summed E-state index contributed by atoms with van der Waals surface area (Å²) in [7, 11) is 0. The molecule has 0 saturated carbocycles. The topological polar surface area (TPSA) is 24.1 Å². The maximum absolute atomic E-state index is 9.29. The first-order valence-corrected chi connectivity index (χ1v) is 5.04. The van der Waals surface area contributed by atoms with E-state index in [-0.39, 0.29) is 29.7 Å². The molecule has 1 heterocycles. The number of nitrogens with zero attached hydrogens (tertiary/aromatic N) is 1. The highest BCUT2D eigenvalue weighted by atomic mass is 127. The van der Waals surface area contributed by atoms with Crippen molar-refractivity contribution < 1.29 is 33.7 Å². The molecule has 0 unspecified atom stereocenters. The summed E-state index contributed by atoms with van der Waals surface area (Å²) < 4.78 is 1.92. The summed E-state index contributed by atoms with van der Waals surface area (Å²) in [5.41, 5.74) is 1.15. The van der Waals surface area contributed by atoms with Crippen molar-refractivity contribution in [3.05, 3.63) is 59.4 Å². The lowest BCUT2D eigenvalue weighted by Gasteiger charge is -1.98. The fourth-order valence-corrected chi connectivity index (χ4v) is 1.53. The Balaban J connectivity index is 0.00000128. The van der Waals surface area contributed by atoms with Crippen LogP contribution in [0.3, 0.4) is 0 Å². The molecular weight excluding hydrogens is 336 g/mol. The van der Waals surface area contributed by atoms with Gasteiger partial charge >= 0.3 is 0 Å². The second kappa shape index (κ2) is 6.06. The minimum atomic E-state index is 0. The van der Waals surface area contributed by atoms with Crippen molar-refractivity contribution in [3.8, 4) is 5.75 Å². The van der Waals surface area contributed by atoms with Crippen molar-refractivity contribution in [2.24, 2.45) is 0 Å². The Labute approximate surface area is 117 Å². The fourth-order valence-electron chi connectivity index (χ4n) is 1.41. The molecule has 0 aliphatic rings. The van der Waals surface area contributed by atoms with Gasteiger partial charge in [0.05, 0.1) is 0 Å². The lowest BCUT2D eigenvalue weighted by molar-refractivity contribution is -0.688. The number of rotatable bonds is 2. The smallest absolute Gasteiger partial charge is 0.211 e. The monoisotopic (exact) mass is 347 g/mol. The van der Waals surface area contributed by atoms with E-state index in [1.165, 1.54) is 0 Å². The van der Waals surface area contributed by atoms with Gasteiger partial charge in [0.2, 0.25) is 6.20 Å². The Morgan fingerprint density at radius 2 is 1.81 bits per heavy atom. The maximum Gasteiger partial charge on any atom is 0.211 e. The van der Waals surface area contributed by atoms with E-state index in [2.05, 4.69) is 0 Å². The molecule has 0 aliphatic carbocycles. The van der Waals surface area contributed by atoms with Crippen molar-refractivity contribution in [2.75, 3.05) is 0 Å². The molecule has 0 amide bonds. The van der Waals surface area contributed by atoms with Gasteiger partial charge in [-0.25, -0.2) is 0 Å². The molecule has 84 valence electrons. The minimum Gasteiger partial charge on any atom is -1.00 e. The summed E-state index contributed by atoms with van der Waals surface area (Å²) in [6, 6.07) is 11.1. The zero-order chi connectivity index (χ0) is 10.7. The van der Waals surface area contributed by atoms with Gasteiger partial charge in [0.1, 0.15) is 0 Å². The van der Waals surface area contributed by atoms with Crippen molar-refractivity contribution in [3.63, 3.8) is 0 Å². The number of aromatic nitrogens is 1. The molecule has 0 bridgehead atoms. The lowest BCUT2D eigenvalue weighted by atomic mass is 10.2. The number of hydrogen-bond acceptors (Lipinski definition) is 1. The van der Waals surface area contributed by atoms with Gasteiger partial charge in [0, 0.05) is 16.7 Å². The molecule has 2 rings (SSSR count). The van der Waals surface area contributed by atoms with Crippen LogP contribution in [0.4, 0.5) is 0 Å². The van der Waals surface area contributed by atoms with E-state index < -0.39 is 0 Å². The molecule has 0 aliphatic heterocycles. The molecule has 1 aromatic carbocycles. The molecule has 4 heteroatoms. The van der Waals surface area contributed by atoms with E-state index in [1.807, 2.05) is 41.1 Å². The van der Waals surface area contributed by atoms with Crippen molar-refractivity contribution in [1.82, 2.24) is 0 Å². The van der Waals surface area contributed by atoms with Gasteiger partial charge in [0.15, 0.2) is 18.5 Å². The van der Waals surface area contributed by atoms with Gasteiger partial charge in [-0.2, -0.15) is 4.57 Å². The summed E-state index contributed by atoms with van der Waals surface area (Å²) in [5.74, 6) is 0.270. The SMILES string of the molecule is Oc1ccc[n+](Cc2ccc(Cl)cc2)c1.[I-]. The molecular formula is C12H11ClINO. The normalized spacial score (nSPS) is 9.56. The Morgan fingerprint density at radius 1 is 1.12 bits per heavy atom. The maximum atomic E-state index is 9.29. The summed E-state index contributed by atoms with van der Waals surface area (Å²) >= 11 is 5.79. The van der Waals surface area contributed by atoms with Crippen LogP contribution in [-0.2, 0) is 6.54 Å². The van der Waals surface area contributed by atoms with Gasteiger partial charge in [0.25, 0.3) is 0 Å². The van der Waals surface area contributed by atoms with Crippen LogP contribution in [0.2, 0.25) is 5.02 Å².